The zero-order chi connectivity index (χ0) is 14.1. The second-order valence-corrected chi connectivity index (χ2v) is 5.79. The molecule has 0 aromatic heterocycles. The van der Waals surface area contributed by atoms with Crippen LogP contribution >= 0.6 is 0 Å². The number of piperidine rings is 1. The lowest BCUT2D eigenvalue weighted by Gasteiger charge is -2.38. The van der Waals surface area contributed by atoms with E-state index < -0.39 is 0 Å². The zero-order valence-corrected chi connectivity index (χ0v) is 11.7. The molecule has 2 atom stereocenters. The molecule has 4 nitrogen and oxygen atoms in total. The minimum absolute atomic E-state index is 0.0979. The van der Waals surface area contributed by atoms with Crippen LogP contribution in [0.5, 0.6) is 0 Å². The first kappa shape index (κ1) is 13.2. The number of rotatable bonds is 3. The molecule has 2 amide bonds. The Bertz CT molecular complexity index is 510. The van der Waals surface area contributed by atoms with E-state index in [4.69, 9.17) is 0 Å². The number of hydrogen-bond donors (Lipinski definition) is 1. The molecule has 0 radical (unpaired) electrons. The van der Waals surface area contributed by atoms with Gasteiger partial charge in [0.25, 0.3) is 0 Å². The van der Waals surface area contributed by atoms with Gasteiger partial charge in [0.2, 0.25) is 11.8 Å². The fraction of sp³-hybridized carbons (Fsp3) is 0.500. The van der Waals surface area contributed by atoms with Gasteiger partial charge in [-0.25, -0.2) is 0 Å². The van der Waals surface area contributed by atoms with Gasteiger partial charge in [0.05, 0.1) is 12.0 Å². The van der Waals surface area contributed by atoms with E-state index in [2.05, 4.69) is 5.32 Å². The normalized spacial score (nSPS) is 26.4. The van der Waals surface area contributed by atoms with Gasteiger partial charge in [-0.05, 0) is 24.8 Å². The third-order valence-electron chi connectivity index (χ3n) is 4.26. The molecule has 1 aliphatic carbocycles. The molecule has 1 saturated heterocycles. The summed E-state index contributed by atoms with van der Waals surface area (Å²) in [4.78, 5) is 26.1. The van der Waals surface area contributed by atoms with Crippen LogP contribution in [0.25, 0.3) is 0 Å². The van der Waals surface area contributed by atoms with E-state index in [9.17, 15) is 9.59 Å². The number of nitrogens with zero attached hydrogens (tertiary/aromatic N) is 1. The number of benzene rings is 1. The predicted octanol–water partition coefficient (Wildman–Crippen LogP) is 1.87. The summed E-state index contributed by atoms with van der Waals surface area (Å²) in [6.07, 6.45) is 3.27. The average molecular weight is 272 g/mol. The van der Waals surface area contributed by atoms with Crippen molar-refractivity contribution in [3.05, 3.63) is 35.9 Å². The summed E-state index contributed by atoms with van der Waals surface area (Å²) in [5.41, 5.74) is 1.04. The molecule has 0 unspecified atom stereocenters. The van der Waals surface area contributed by atoms with E-state index in [0.29, 0.717) is 18.9 Å². The highest BCUT2D eigenvalue weighted by atomic mass is 16.2. The van der Waals surface area contributed by atoms with Gasteiger partial charge in [-0.15, -0.1) is 0 Å². The summed E-state index contributed by atoms with van der Waals surface area (Å²) in [5.74, 6) is 0.0794. The lowest BCUT2D eigenvalue weighted by molar-refractivity contribution is -0.141. The first-order valence-electron chi connectivity index (χ1n) is 7.28. The maximum Gasteiger partial charge on any atom is 0.225 e. The molecule has 2 aliphatic rings. The van der Waals surface area contributed by atoms with Crippen LogP contribution in [0.4, 0.5) is 0 Å². The molecule has 2 fully saturated rings. The van der Waals surface area contributed by atoms with E-state index in [-0.39, 0.29) is 23.8 Å². The van der Waals surface area contributed by atoms with Crippen LogP contribution in [0.2, 0.25) is 0 Å². The Morgan fingerprint density at radius 2 is 1.90 bits per heavy atom. The summed E-state index contributed by atoms with van der Waals surface area (Å²) in [6, 6.07) is 10.1. The molecule has 4 heteroatoms. The van der Waals surface area contributed by atoms with Crippen LogP contribution in [0.3, 0.4) is 0 Å². The van der Waals surface area contributed by atoms with Crippen LogP contribution in [0.15, 0.2) is 30.3 Å². The molecule has 3 rings (SSSR count). The predicted molar refractivity (Wildman–Crippen MR) is 75.8 cm³/mol. The number of likely N-dealkylation sites (tertiary alicyclic amines) is 1. The van der Waals surface area contributed by atoms with E-state index in [1.54, 1.807) is 11.9 Å². The molecule has 0 bridgehead atoms. The maximum absolute atomic E-state index is 12.4. The average Bonchev–Trinajstić information content (AvgIpc) is 3.26. The standard InChI is InChI=1S/C16H20N2O2/c1-18-14(19)10-9-13(16(20)17-12-7-8-12)15(18)11-5-3-2-4-6-11/h2-6,12-13,15H,7-10H2,1H3,(H,17,20)/t13-,15-/m0/s1. The Hall–Kier alpha value is -1.84. The first-order chi connectivity index (χ1) is 9.66. The largest absolute Gasteiger partial charge is 0.353 e. The van der Waals surface area contributed by atoms with Crippen molar-refractivity contribution in [1.29, 1.82) is 0 Å². The molecule has 1 aromatic carbocycles. The maximum atomic E-state index is 12.4. The Morgan fingerprint density at radius 3 is 2.55 bits per heavy atom. The van der Waals surface area contributed by atoms with Gasteiger partial charge < -0.3 is 10.2 Å². The molecule has 0 spiro atoms. The van der Waals surface area contributed by atoms with Gasteiger partial charge in [0.1, 0.15) is 0 Å². The van der Waals surface area contributed by atoms with Crippen molar-refractivity contribution in [3.8, 4) is 0 Å². The highest BCUT2D eigenvalue weighted by Gasteiger charge is 2.40. The number of nitrogens with one attached hydrogen (secondary N) is 1. The third-order valence-corrected chi connectivity index (χ3v) is 4.26. The van der Waals surface area contributed by atoms with Gasteiger partial charge >= 0.3 is 0 Å². The first-order valence-corrected chi connectivity index (χ1v) is 7.28. The van der Waals surface area contributed by atoms with Gasteiger partial charge in [-0.3, -0.25) is 9.59 Å². The SMILES string of the molecule is CN1C(=O)CC[C@H](C(=O)NC2CC2)[C@@H]1c1ccccc1. The minimum atomic E-state index is -0.142. The zero-order valence-electron chi connectivity index (χ0n) is 11.7. The van der Waals surface area contributed by atoms with E-state index in [1.165, 1.54) is 0 Å². The highest BCUT2D eigenvalue weighted by molar-refractivity contribution is 5.85. The second kappa shape index (κ2) is 5.27. The summed E-state index contributed by atoms with van der Waals surface area (Å²) in [6.45, 7) is 0. The number of hydrogen-bond acceptors (Lipinski definition) is 2. The molecule has 1 heterocycles. The Balaban J connectivity index is 1.85. The fourth-order valence-electron chi connectivity index (χ4n) is 2.95. The lowest BCUT2D eigenvalue weighted by Crippen LogP contribution is -2.46. The smallest absolute Gasteiger partial charge is 0.225 e. The molecule has 106 valence electrons. The van der Waals surface area contributed by atoms with Crippen molar-refractivity contribution in [2.75, 3.05) is 7.05 Å². The topological polar surface area (TPSA) is 49.4 Å². The van der Waals surface area contributed by atoms with Crippen molar-refractivity contribution < 1.29 is 9.59 Å². The van der Waals surface area contributed by atoms with Crippen molar-refractivity contribution in [2.45, 2.75) is 37.8 Å². The molecule has 1 aromatic rings. The summed E-state index contributed by atoms with van der Waals surface area (Å²) in [7, 11) is 1.80. The molecule has 1 aliphatic heterocycles. The van der Waals surface area contributed by atoms with Crippen LogP contribution in [0, 0.1) is 5.92 Å². The van der Waals surface area contributed by atoms with Gasteiger partial charge in [0, 0.05) is 19.5 Å². The number of carbonyl (C=O) groups is 2. The Labute approximate surface area is 119 Å². The highest BCUT2D eigenvalue weighted by Crippen LogP contribution is 2.36. The monoisotopic (exact) mass is 272 g/mol. The molecule has 20 heavy (non-hydrogen) atoms. The summed E-state index contributed by atoms with van der Waals surface area (Å²) in [5, 5.41) is 3.08. The number of carbonyl (C=O) groups excluding carboxylic acids is 2. The summed E-state index contributed by atoms with van der Waals surface area (Å²) < 4.78 is 0. The fourth-order valence-corrected chi connectivity index (χ4v) is 2.95. The minimum Gasteiger partial charge on any atom is -0.353 e. The van der Waals surface area contributed by atoms with Crippen molar-refractivity contribution in [3.63, 3.8) is 0 Å². The Morgan fingerprint density at radius 1 is 1.20 bits per heavy atom. The second-order valence-electron chi connectivity index (χ2n) is 5.79. The van der Waals surface area contributed by atoms with E-state index in [0.717, 1.165) is 18.4 Å². The molecule has 1 saturated carbocycles. The van der Waals surface area contributed by atoms with Crippen LogP contribution in [-0.4, -0.2) is 29.8 Å². The van der Waals surface area contributed by atoms with Crippen LogP contribution in [0.1, 0.15) is 37.3 Å². The van der Waals surface area contributed by atoms with Gasteiger partial charge in [-0.1, -0.05) is 30.3 Å². The Kier molecular flexibility index (Phi) is 3.47. The van der Waals surface area contributed by atoms with Crippen molar-refractivity contribution >= 4 is 11.8 Å². The summed E-state index contributed by atoms with van der Waals surface area (Å²) >= 11 is 0. The van der Waals surface area contributed by atoms with Gasteiger partial charge in [-0.2, -0.15) is 0 Å². The quantitative estimate of drug-likeness (QED) is 0.913. The van der Waals surface area contributed by atoms with Crippen LogP contribution in [-0.2, 0) is 9.59 Å². The lowest BCUT2D eigenvalue weighted by atomic mass is 9.84. The van der Waals surface area contributed by atoms with E-state index >= 15 is 0 Å². The number of amides is 2. The van der Waals surface area contributed by atoms with E-state index in [1.807, 2.05) is 30.3 Å². The molecular weight excluding hydrogens is 252 g/mol. The molecular formula is C16H20N2O2. The van der Waals surface area contributed by atoms with Crippen molar-refractivity contribution in [2.24, 2.45) is 5.92 Å². The third kappa shape index (κ3) is 2.55. The van der Waals surface area contributed by atoms with Crippen molar-refractivity contribution in [1.82, 2.24) is 10.2 Å². The van der Waals surface area contributed by atoms with Gasteiger partial charge in [0.15, 0.2) is 0 Å². The van der Waals surface area contributed by atoms with Crippen LogP contribution < -0.4 is 5.32 Å². The molecule has 1 N–H and O–H groups in total.